The number of ketones is 1. The number of hydrogen-bond acceptors (Lipinski definition) is 6. The molecule has 1 aromatic heterocycles. The zero-order chi connectivity index (χ0) is 22.0. The fraction of sp³-hybridized carbons (Fsp3) is 0.238. The SMILES string of the molecule is COc1cc(C(=O)c2c(C)nc(-c3ccc(Cl)cc3Cl)n2OC)cc(OC)c1OC. The molecule has 0 atom stereocenters. The molecule has 9 heteroatoms. The largest absolute Gasteiger partial charge is 0.493 e. The predicted molar refractivity (Wildman–Crippen MR) is 114 cm³/mol. The van der Waals surface area contributed by atoms with Gasteiger partial charge in [0.15, 0.2) is 23.0 Å². The maximum Gasteiger partial charge on any atom is 0.215 e. The lowest BCUT2D eigenvalue weighted by Crippen LogP contribution is -2.17. The van der Waals surface area contributed by atoms with Crippen molar-refractivity contribution >= 4 is 29.0 Å². The second-order valence-corrected chi connectivity index (χ2v) is 7.06. The molecule has 2 aromatic carbocycles. The maximum absolute atomic E-state index is 13.4. The fourth-order valence-corrected chi connectivity index (χ4v) is 3.63. The number of halogens is 2. The van der Waals surface area contributed by atoms with E-state index < -0.39 is 0 Å². The zero-order valence-corrected chi connectivity index (χ0v) is 18.6. The van der Waals surface area contributed by atoms with E-state index in [1.807, 2.05) is 0 Å². The first-order valence-electron chi connectivity index (χ1n) is 8.80. The van der Waals surface area contributed by atoms with Crippen molar-refractivity contribution in [2.45, 2.75) is 6.92 Å². The smallest absolute Gasteiger partial charge is 0.215 e. The van der Waals surface area contributed by atoms with Crippen molar-refractivity contribution in [3.05, 3.63) is 57.3 Å². The Bertz CT molecular complexity index is 1090. The van der Waals surface area contributed by atoms with Crippen LogP contribution in [-0.4, -0.2) is 43.9 Å². The van der Waals surface area contributed by atoms with E-state index in [9.17, 15) is 4.79 Å². The highest BCUT2D eigenvalue weighted by molar-refractivity contribution is 6.36. The molecule has 0 aliphatic rings. The lowest BCUT2D eigenvalue weighted by Gasteiger charge is -2.14. The topological polar surface area (TPSA) is 71.8 Å². The first kappa shape index (κ1) is 21.8. The van der Waals surface area contributed by atoms with Gasteiger partial charge in [-0.05, 0) is 37.3 Å². The minimum atomic E-state index is -0.336. The molecule has 1 heterocycles. The number of hydrogen-bond donors (Lipinski definition) is 0. The molecule has 0 fully saturated rings. The van der Waals surface area contributed by atoms with Gasteiger partial charge in [0, 0.05) is 16.1 Å². The molecule has 3 rings (SSSR count). The number of imidazole rings is 1. The second-order valence-electron chi connectivity index (χ2n) is 6.21. The third kappa shape index (κ3) is 3.78. The molecule has 3 aromatic rings. The molecule has 0 saturated carbocycles. The third-order valence-corrected chi connectivity index (χ3v) is 5.06. The Kier molecular flexibility index (Phi) is 6.43. The van der Waals surface area contributed by atoms with Gasteiger partial charge < -0.3 is 19.0 Å². The first-order valence-corrected chi connectivity index (χ1v) is 9.55. The molecule has 0 saturated heterocycles. The summed E-state index contributed by atoms with van der Waals surface area (Å²) < 4.78 is 17.4. The number of carbonyl (C=O) groups excluding carboxylic acids is 1. The third-order valence-electron chi connectivity index (χ3n) is 4.51. The number of ether oxygens (including phenoxy) is 3. The quantitative estimate of drug-likeness (QED) is 0.494. The van der Waals surface area contributed by atoms with Crippen LogP contribution in [0.15, 0.2) is 30.3 Å². The monoisotopic (exact) mass is 450 g/mol. The summed E-state index contributed by atoms with van der Waals surface area (Å²) in [4.78, 5) is 23.4. The summed E-state index contributed by atoms with van der Waals surface area (Å²) in [5.41, 5.74) is 1.61. The number of methoxy groups -OCH3 is 3. The summed E-state index contributed by atoms with van der Waals surface area (Å²) >= 11 is 12.3. The molecule has 0 spiro atoms. The molecule has 0 amide bonds. The Morgan fingerprint density at radius 1 is 0.967 bits per heavy atom. The molecular weight excluding hydrogens is 431 g/mol. The normalized spacial score (nSPS) is 10.6. The van der Waals surface area contributed by atoms with Crippen molar-refractivity contribution in [3.63, 3.8) is 0 Å². The van der Waals surface area contributed by atoms with E-state index in [1.165, 1.54) is 33.2 Å². The summed E-state index contributed by atoms with van der Waals surface area (Å²) in [5.74, 6) is 1.16. The number of carbonyl (C=O) groups is 1. The molecule has 7 nitrogen and oxygen atoms in total. The first-order chi connectivity index (χ1) is 14.4. The number of aryl methyl sites for hydroxylation is 1. The van der Waals surface area contributed by atoms with Crippen LogP contribution in [0.4, 0.5) is 0 Å². The Morgan fingerprint density at radius 3 is 2.10 bits per heavy atom. The van der Waals surface area contributed by atoms with E-state index in [4.69, 9.17) is 42.3 Å². The van der Waals surface area contributed by atoms with Gasteiger partial charge in [-0.3, -0.25) is 4.79 Å². The van der Waals surface area contributed by atoms with E-state index in [2.05, 4.69) is 4.98 Å². The van der Waals surface area contributed by atoms with E-state index in [0.717, 1.165) is 0 Å². The lowest BCUT2D eigenvalue weighted by atomic mass is 10.1. The van der Waals surface area contributed by atoms with Crippen molar-refractivity contribution in [3.8, 4) is 28.6 Å². The molecule has 0 radical (unpaired) electrons. The lowest BCUT2D eigenvalue weighted by molar-refractivity contribution is 0.0978. The maximum atomic E-state index is 13.4. The van der Waals surface area contributed by atoms with E-state index in [1.54, 1.807) is 37.3 Å². The zero-order valence-electron chi connectivity index (χ0n) is 17.1. The molecule has 158 valence electrons. The molecule has 0 bridgehead atoms. The van der Waals surface area contributed by atoms with Gasteiger partial charge in [-0.25, -0.2) is 4.98 Å². The number of rotatable bonds is 7. The van der Waals surface area contributed by atoms with Gasteiger partial charge in [0.25, 0.3) is 0 Å². The van der Waals surface area contributed by atoms with Crippen molar-refractivity contribution in [1.29, 1.82) is 0 Å². The van der Waals surface area contributed by atoms with Crippen molar-refractivity contribution < 1.29 is 23.8 Å². The van der Waals surface area contributed by atoms with Gasteiger partial charge in [0.2, 0.25) is 11.5 Å². The number of benzene rings is 2. The van der Waals surface area contributed by atoms with Gasteiger partial charge in [0.05, 0.1) is 32.0 Å². The molecule has 0 aliphatic heterocycles. The fourth-order valence-electron chi connectivity index (χ4n) is 3.13. The molecule has 30 heavy (non-hydrogen) atoms. The van der Waals surface area contributed by atoms with Gasteiger partial charge in [-0.2, -0.15) is 4.73 Å². The van der Waals surface area contributed by atoms with Crippen LogP contribution in [0.1, 0.15) is 21.7 Å². The van der Waals surface area contributed by atoms with Crippen LogP contribution >= 0.6 is 23.2 Å². The standard InChI is InChI=1S/C21H20Cl2N2O5/c1-11-18(19(26)12-8-16(27-2)20(29-4)17(9-12)28-3)25(30-5)21(24-11)14-7-6-13(22)10-15(14)23/h6-10H,1-5H3. The highest BCUT2D eigenvalue weighted by atomic mass is 35.5. The molecule has 0 unspecified atom stereocenters. The Morgan fingerprint density at radius 2 is 1.60 bits per heavy atom. The van der Waals surface area contributed by atoms with Crippen LogP contribution in [0.3, 0.4) is 0 Å². The average molecular weight is 451 g/mol. The van der Waals surface area contributed by atoms with Crippen molar-refractivity contribution in [2.75, 3.05) is 28.4 Å². The second kappa shape index (κ2) is 8.85. The number of aromatic nitrogens is 2. The Hall–Kier alpha value is -2.90. The van der Waals surface area contributed by atoms with Crippen LogP contribution in [0, 0.1) is 6.92 Å². The van der Waals surface area contributed by atoms with E-state index >= 15 is 0 Å². The summed E-state index contributed by atoms with van der Waals surface area (Å²) in [7, 11) is 5.91. The Balaban J connectivity index is 2.17. The minimum absolute atomic E-state index is 0.243. The highest BCUT2D eigenvalue weighted by Crippen LogP contribution is 2.39. The van der Waals surface area contributed by atoms with E-state index in [-0.39, 0.29) is 11.5 Å². The summed E-state index contributed by atoms with van der Waals surface area (Å²) in [5, 5.41) is 0.877. The Labute approximate surface area is 184 Å². The van der Waals surface area contributed by atoms with Gasteiger partial charge in [0.1, 0.15) is 7.11 Å². The molecule has 0 aliphatic carbocycles. The van der Waals surface area contributed by atoms with Crippen LogP contribution in [0.2, 0.25) is 10.0 Å². The van der Waals surface area contributed by atoms with E-state index in [0.29, 0.717) is 49.9 Å². The van der Waals surface area contributed by atoms with Gasteiger partial charge >= 0.3 is 0 Å². The van der Waals surface area contributed by atoms with Crippen LogP contribution in [0.5, 0.6) is 17.2 Å². The van der Waals surface area contributed by atoms with Crippen LogP contribution in [-0.2, 0) is 0 Å². The summed E-state index contributed by atoms with van der Waals surface area (Å²) in [6.07, 6.45) is 0. The summed E-state index contributed by atoms with van der Waals surface area (Å²) in [6.45, 7) is 1.72. The van der Waals surface area contributed by atoms with Crippen LogP contribution < -0.4 is 19.0 Å². The van der Waals surface area contributed by atoms with Gasteiger partial charge in [-0.15, -0.1) is 0 Å². The average Bonchev–Trinajstić information content (AvgIpc) is 3.07. The number of nitrogens with zero attached hydrogens (tertiary/aromatic N) is 2. The predicted octanol–water partition coefficient (Wildman–Crippen LogP) is 4.48. The molecular formula is C21H20Cl2N2O5. The minimum Gasteiger partial charge on any atom is -0.493 e. The van der Waals surface area contributed by atoms with Gasteiger partial charge in [-0.1, -0.05) is 23.2 Å². The summed E-state index contributed by atoms with van der Waals surface area (Å²) in [6, 6.07) is 8.16. The molecule has 0 N–H and O–H groups in total. The van der Waals surface area contributed by atoms with Crippen molar-refractivity contribution in [2.24, 2.45) is 0 Å². The highest BCUT2D eigenvalue weighted by Gasteiger charge is 2.27. The van der Waals surface area contributed by atoms with Crippen LogP contribution in [0.25, 0.3) is 11.4 Å². The van der Waals surface area contributed by atoms with Crippen molar-refractivity contribution in [1.82, 2.24) is 9.71 Å².